The first-order chi connectivity index (χ1) is 11.2. The summed E-state index contributed by atoms with van der Waals surface area (Å²) in [6, 6.07) is 0. The van der Waals surface area contributed by atoms with Crippen LogP contribution in [0, 0.1) is 0 Å². The van der Waals surface area contributed by atoms with Crippen LogP contribution in [-0.4, -0.2) is 33.5 Å². The van der Waals surface area contributed by atoms with Crippen LogP contribution in [0.5, 0.6) is 0 Å². The highest BCUT2D eigenvalue weighted by Crippen LogP contribution is 2.02. The average molecular weight is 345 g/mol. The van der Waals surface area contributed by atoms with Crippen molar-refractivity contribution < 1.29 is 20.1 Å². The first-order valence-electron chi connectivity index (χ1n) is 8.14. The summed E-state index contributed by atoms with van der Waals surface area (Å²) in [7, 11) is 0. The smallest absolute Gasteiger partial charge is 0.303 e. The zero-order valence-electron chi connectivity index (χ0n) is 16.4. The van der Waals surface area contributed by atoms with Crippen LogP contribution in [0.25, 0.3) is 0 Å². The number of carbonyl (C=O) groups is 1. The predicted octanol–water partition coefficient (Wildman–Crippen LogP) is 5.14. The molecule has 0 unspecified atom stereocenters. The largest absolute Gasteiger partial charge is 0.481 e. The van der Waals surface area contributed by atoms with E-state index in [1.54, 1.807) is 24.3 Å². The molecule has 4 nitrogen and oxygen atoms in total. The van der Waals surface area contributed by atoms with E-state index in [9.17, 15) is 4.79 Å². The van der Waals surface area contributed by atoms with Crippen LogP contribution in [0.1, 0.15) is 60.3 Å². The highest BCUT2D eigenvalue weighted by atomic mass is 16.4. The Hall–Kier alpha value is -1.65. The molecule has 0 heterocycles. The van der Waals surface area contributed by atoms with Crippen LogP contribution in [0.2, 0.25) is 0 Å². The summed E-state index contributed by atoms with van der Waals surface area (Å²) in [5, 5.41) is 25.9. The number of aliphatic hydroxyl groups is 2. The molecule has 0 aromatic carbocycles. The summed E-state index contributed by atoms with van der Waals surface area (Å²) < 4.78 is 0. The Morgan fingerprint density at radius 1 is 0.917 bits per heavy atom. The second-order valence-corrected chi connectivity index (χ2v) is 4.44. The molecule has 4 heteroatoms. The number of aliphatic hydroxyl groups excluding tert-OH is 2. The van der Waals surface area contributed by atoms with E-state index in [4.69, 9.17) is 15.3 Å². The highest BCUT2D eigenvalue weighted by Gasteiger charge is 2.10. The molecule has 0 aliphatic rings. The monoisotopic (exact) mass is 344 g/mol. The number of hydrogen-bond acceptors (Lipinski definition) is 3. The van der Waals surface area contributed by atoms with Gasteiger partial charge < -0.3 is 15.3 Å². The van der Waals surface area contributed by atoms with Crippen LogP contribution >= 0.6 is 0 Å². The molecule has 0 rings (SSSR count). The maximum atomic E-state index is 9.60. The number of hydrogen-bond donors (Lipinski definition) is 3. The van der Waals surface area contributed by atoms with Gasteiger partial charge in [-0.2, -0.15) is 0 Å². The van der Waals surface area contributed by atoms with Crippen LogP contribution in [0.15, 0.2) is 50.6 Å². The normalized spacial score (nSPS) is 9.96. The lowest BCUT2D eigenvalue weighted by atomic mass is 10.1. The van der Waals surface area contributed by atoms with Gasteiger partial charge in [-0.25, -0.2) is 0 Å². The van der Waals surface area contributed by atoms with Crippen molar-refractivity contribution in [3.63, 3.8) is 0 Å². The second kappa shape index (κ2) is 37.5. The molecule has 2 atom stereocenters. The zero-order valence-corrected chi connectivity index (χ0v) is 16.4. The van der Waals surface area contributed by atoms with Gasteiger partial charge in [-0.1, -0.05) is 38.2 Å². The molecule has 0 bridgehead atoms. The molecule has 0 aliphatic carbocycles. The second-order valence-electron chi connectivity index (χ2n) is 4.44. The van der Waals surface area contributed by atoms with Crippen LogP contribution in [0.4, 0.5) is 0 Å². The zero-order chi connectivity index (χ0) is 20.4. The summed E-state index contributed by atoms with van der Waals surface area (Å²) in [4.78, 5) is 9.60. The Bertz CT molecular complexity index is 259. The fraction of sp³-hybridized carbons (Fsp3) is 0.550. The van der Waals surface area contributed by atoms with Crippen molar-refractivity contribution in [2.45, 2.75) is 72.5 Å². The molecule has 0 aromatic heterocycles. The minimum atomic E-state index is -0.711. The molecule has 0 fully saturated rings. The van der Waals surface area contributed by atoms with Gasteiger partial charge in [0.15, 0.2) is 0 Å². The van der Waals surface area contributed by atoms with E-state index in [0.29, 0.717) is 19.3 Å². The third-order valence-corrected chi connectivity index (χ3v) is 1.73. The minimum Gasteiger partial charge on any atom is -0.481 e. The van der Waals surface area contributed by atoms with Gasteiger partial charge >= 0.3 is 5.97 Å². The number of rotatable bonds is 6. The quantitative estimate of drug-likeness (QED) is 0.583. The fourth-order valence-corrected chi connectivity index (χ4v) is 0.814. The van der Waals surface area contributed by atoms with Gasteiger partial charge in [0.1, 0.15) is 0 Å². The number of carboxylic acid groups (broad SMARTS) is 1. The number of allylic oxidation sites excluding steroid dienone is 3. The molecule has 0 spiro atoms. The molecule has 3 N–H and O–H groups in total. The topological polar surface area (TPSA) is 77.8 Å². The van der Waals surface area contributed by atoms with Gasteiger partial charge in [-0.05, 0) is 40.0 Å². The van der Waals surface area contributed by atoms with Gasteiger partial charge in [-0.15, -0.1) is 26.3 Å². The van der Waals surface area contributed by atoms with Crippen molar-refractivity contribution in [2.75, 3.05) is 0 Å². The van der Waals surface area contributed by atoms with Crippen LogP contribution < -0.4 is 0 Å². The van der Waals surface area contributed by atoms with Crippen molar-refractivity contribution in [3.05, 3.63) is 50.6 Å². The van der Waals surface area contributed by atoms with Crippen LogP contribution in [-0.2, 0) is 4.79 Å². The van der Waals surface area contributed by atoms with Crippen molar-refractivity contribution >= 4 is 5.97 Å². The summed E-state index contributed by atoms with van der Waals surface area (Å²) in [6.07, 6.45) is 7.71. The first-order valence-corrected chi connectivity index (χ1v) is 8.14. The third-order valence-electron chi connectivity index (χ3n) is 1.73. The average Bonchev–Trinajstić information content (AvgIpc) is 2.49. The van der Waals surface area contributed by atoms with Gasteiger partial charge in [0, 0.05) is 6.42 Å². The van der Waals surface area contributed by atoms with E-state index in [0.717, 1.165) is 6.42 Å². The molecule has 0 saturated heterocycles. The van der Waals surface area contributed by atoms with E-state index in [-0.39, 0.29) is 0 Å². The minimum absolute atomic E-state index is 0.292. The molecule has 0 saturated carbocycles. The SMILES string of the molecule is C=CC.C=CC.C=CC.C=CC[C@H](O)[C@H](O)CC.CCCC(=O)O. The van der Waals surface area contributed by atoms with Crippen molar-refractivity contribution in [1.82, 2.24) is 0 Å². The fourth-order valence-electron chi connectivity index (χ4n) is 0.814. The number of carboxylic acids is 1. The molecular weight excluding hydrogens is 304 g/mol. The lowest BCUT2D eigenvalue weighted by Crippen LogP contribution is -2.23. The summed E-state index contributed by atoms with van der Waals surface area (Å²) in [5.74, 6) is -0.711. The summed E-state index contributed by atoms with van der Waals surface area (Å²) in [6.45, 7) is 22.9. The van der Waals surface area contributed by atoms with E-state index in [2.05, 4.69) is 26.3 Å². The maximum Gasteiger partial charge on any atom is 0.303 e. The van der Waals surface area contributed by atoms with Gasteiger partial charge in [0.2, 0.25) is 0 Å². The third kappa shape index (κ3) is 71.1. The Morgan fingerprint density at radius 3 is 1.38 bits per heavy atom. The summed E-state index contributed by atoms with van der Waals surface area (Å²) in [5.41, 5.74) is 0. The van der Waals surface area contributed by atoms with E-state index >= 15 is 0 Å². The molecule has 0 aliphatic heterocycles. The Balaban J connectivity index is -0.0000000695. The standard InChI is InChI=1S/C7H14O2.C4H8O2.3C3H6/c1-3-5-7(9)6(8)4-2;1-2-3-4(5)6;3*1-3-2/h3,6-9H,1,4-5H2,2H3;2-3H2,1H3,(H,5,6);3*3H,1H2,2H3/t6-,7+;;;;/m1..../s1. The molecular formula is C20H40O4. The van der Waals surface area contributed by atoms with Crippen molar-refractivity contribution in [1.29, 1.82) is 0 Å². The van der Waals surface area contributed by atoms with Gasteiger partial charge in [-0.3, -0.25) is 4.79 Å². The van der Waals surface area contributed by atoms with E-state index in [1.165, 1.54) is 0 Å². The van der Waals surface area contributed by atoms with Crippen LogP contribution in [0.3, 0.4) is 0 Å². The van der Waals surface area contributed by atoms with Crippen molar-refractivity contribution in [2.24, 2.45) is 0 Å². The Kier molecular flexibility index (Phi) is 52.9. The Morgan fingerprint density at radius 2 is 1.25 bits per heavy atom. The van der Waals surface area contributed by atoms with E-state index < -0.39 is 18.2 Å². The molecule has 0 amide bonds. The molecule has 24 heavy (non-hydrogen) atoms. The van der Waals surface area contributed by atoms with Crippen molar-refractivity contribution in [3.8, 4) is 0 Å². The van der Waals surface area contributed by atoms with E-state index in [1.807, 2.05) is 34.6 Å². The highest BCUT2D eigenvalue weighted by molar-refractivity contribution is 5.66. The lowest BCUT2D eigenvalue weighted by molar-refractivity contribution is -0.137. The first kappa shape index (κ1) is 33.8. The maximum absolute atomic E-state index is 9.60. The van der Waals surface area contributed by atoms with Gasteiger partial charge in [0.25, 0.3) is 0 Å². The number of aliphatic carboxylic acids is 1. The lowest BCUT2D eigenvalue weighted by Gasteiger charge is -2.12. The van der Waals surface area contributed by atoms with Gasteiger partial charge in [0.05, 0.1) is 12.2 Å². The molecule has 144 valence electrons. The Labute approximate surface area is 149 Å². The molecule has 0 radical (unpaired) electrons. The summed E-state index contributed by atoms with van der Waals surface area (Å²) >= 11 is 0. The predicted molar refractivity (Wildman–Crippen MR) is 107 cm³/mol. The molecule has 0 aromatic rings.